The predicted octanol–water partition coefficient (Wildman–Crippen LogP) is 2.48. The third kappa shape index (κ3) is 4.66. The van der Waals surface area contributed by atoms with Crippen molar-refractivity contribution < 1.29 is 0 Å². The van der Waals surface area contributed by atoms with Gasteiger partial charge in [0.1, 0.15) is 0 Å². The van der Waals surface area contributed by atoms with Gasteiger partial charge >= 0.3 is 0 Å². The van der Waals surface area contributed by atoms with Crippen molar-refractivity contribution in [3.8, 4) is 0 Å². The number of H-pyrrole nitrogens is 1. The minimum Gasteiger partial charge on any atom is -0.314 e. The Morgan fingerprint density at radius 2 is 2.37 bits per heavy atom. The van der Waals surface area contributed by atoms with Crippen LogP contribution in [0.2, 0.25) is 0 Å². The van der Waals surface area contributed by atoms with E-state index in [0.717, 1.165) is 17.4 Å². The molecule has 1 aliphatic carbocycles. The van der Waals surface area contributed by atoms with Gasteiger partial charge in [-0.15, -0.1) is 0 Å². The zero-order chi connectivity index (χ0) is 13.7. The first-order valence-corrected chi connectivity index (χ1v) is 8.03. The fraction of sp³-hybridized carbons (Fsp3) is 0.714. The fourth-order valence-corrected chi connectivity index (χ4v) is 3.84. The van der Waals surface area contributed by atoms with Crippen molar-refractivity contribution in [2.24, 2.45) is 0 Å². The summed E-state index contributed by atoms with van der Waals surface area (Å²) in [7, 11) is 0. The Hall–Kier alpha value is -0.810. The zero-order valence-electron chi connectivity index (χ0n) is 11.7. The molecule has 2 N–H and O–H groups in total. The molecular formula is C14H23N3OS. The van der Waals surface area contributed by atoms with E-state index in [-0.39, 0.29) is 5.56 Å². The first-order chi connectivity index (χ1) is 9.17. The number of nitrogens with one attached hydrogen (secondary N) is 2. The largest absolute Gasteiger partial charge is 0.314 e. The van der Waals surface area contributed by atoms with Crippen molar-refractivity contribution in [1.82, 2.24) is 15.3 Å². The Morgan fingerprint density at radius 1 is 1.53 bits per heavy atom. The lowest BCUT2D eigenvalue weighted by atomic mass is 9.95. The molecule has 0 amide bonds. The van der Waals surface area contributed by atoms with Crippen molar-refractivity contribution in [2.75, 3.05) is 6.54 Å². The normalized spacial score (nSPS) is 23.5. The minimum atomic E-state index is -0.0496. The topological polar surface area (TPSA) is 57.8 Å². The molecule has 19 heavy (non-hydrogen) atoms. The molecule has 0 saturated heterocycles. The maximum atomic E-state index is 11.4. The number of aryl methyl sites for hydroxylation is 1. The van der Waals surface area contributed by atoms with E-state index in [0.29, 0.717) is 11.3 Å². The van der Waals surface area contributed by atoms with Crippen LogP contribution in [0.25, 0.3) is 0 Å². The van der Waals surface area contributed by atoms with E-state index in [1.165, 1.54) is 38.2 Å². The van der Waals surface area contributed by atoms with E-state index in [1.807, 2.05) is 6.92 Å². The Labute approximate surface area is 118 Å². The third-order valence-corrected chi connectivity index (χ3v) is 4.61. The van der Waals surface area contributed by atoms with Gasteiger partial charge in [0.05, 0.1) is 0 Å². The number of hydrogen-bond donors (Lipinski definition) is 2. The van der Waals surface area contributed by atoms with Crippen LogP contribution in [0.4, 0.5) is 0 Å². The zero-order valence-corrected chi connectivity index (χ0v) is 12.6. The Bertz CT molecular complexity index is 460. The quantitative estimate of drug-likeness (QED) is 0.814. The fourth-order valence-electron chi connectivity index (χ4n) is 2.55. The average Bonchev–Trinajstić information content (AvgIpc) is 2.35. The highest BCUT2D eigenvalue weighted by atomic mass is 32.2. The average molecular weight is 281 g/mol. The van der Waals surface area contributed by atoms with Gasteiger partial charge in [0.25, 0.3) is 5.56 Å². The third-order valence-electron chi connectivity index (χ3n) is 3.44. The summed E-state index contributed by atoms with van der Waals surface area (Å²) in [4.78, 5) is 18.7. The molecule has 0 aliphatic heterocycles. The van der Waals surface area contributed by atoms with Crippen LogP contribution in [0, 0.1) is 6.92 Å². The molecule has 1 aliphatic rings. The van der Waals surface area contributed by atoms with Crippen LogP contribution in [0.1, 0.15) is 44.7 Å². The first-order valence-electron chi connectivity index (χ1n) is 7.15. The molecule has 4 nitrogen and oxygen atoms in total. The SMILES string of the molecule is CCCNC1CCCC(Sc2nc(C)cc(=O)[nH]2)C1. The van der Waals surface area contributed by atoms with Gasteiger partial charge in [-0.3, -0.25) is 4.79 Å². The molecule has 2 rings (SSSR count). The first kappa shape index (κ1) is 14.6. The van der Waals surface area contributed by atoms with Gasteiger partial charge < -0.3 is 10.3 Å². The second kappa shape index (κ2) is 7.10. The standard InChI is InChI=1S/C14H23N3OS/c1-3-7-15-11-5-4-6-12(9-11)19-14-16-10(2)8-13(18)17-14/h8,11-12,15H,3-7,9H2,1-2H3,(H,16,17,18). The van der Waals surface area contributed by atoms with Gasteiger partial charge in [0, 0.05) is 23.1 Å². The molecule has 0 spiro atoms. The molecule has 2 unspecified atom stereocenters. The van der Waals surface area contributed by atoms with Crippen LogP contribution in [0.3, 0.4) is 0 Å². The molecular weight excluding hydrogens is 258 g/mol. The monoisotopic (exact) mass is 281 g/mol. The molecule has 1 saturated carbocycles. The van der Waals surface area contributed by atoms with E-state index in [9.17, 15) is 4.79 Å². The smallest absolute Gasteiger partial charge is 0.251 e. The van der Waals surface area contributed by atoms with Crippen molar-refractivity contribution in [1.29, 1.82) is 0 Å². The number of aromatic amines is 1. The predicted molar refractivity (Wildman–Crippen MR) is 79.8 cm³/mol. The highest BCUT2D eigenvalue weighted by molar-refractivity contribution is 7.99. The lowest BCUT2D eigenvalue weighted by molar-refractivity contribution is 0.381. The Morgan fingerprint density at radius 3 is 3.11 bits per heavy atom. The van der Waals surface area contributed by atoms with Crippen LogP contribution in [0.15, 0.2) is 16.0 Å². The van der Waals surface area contributed by atoms with Crippen LogP contribution in [-0.2, 0) is 0 Å². The summed E-state index contributed by atoms with van der Waals surface area (Å²) >= 11 is 1.72. The van der Waals surface area contributed by atoms with E-state index in [1.54, 1.807) is 11.8 Å². The maximum absolute atomic E-state index is 11.4. The molecule has 1 aromatic rings. The molecule has 106 valence electrons. The summed E-state index contributed by atoms with van der Waals surface area (Å²) < 4.78 is 0. The molecule has 0 aromatic carbocycles. The number of aromatic nitrogens is 2. The Kier molecular flexibility index (Phi) is 5.45. The van der Waals surface area contributed by atoms with Gasteiger partial charge in [-0.05, 0) is 39.2 Å². The summed E-state index contributed by atoms with van der Waals surface area (Å²) in [5.74, 6) is 0. The lowest BCUT2D eigenvalue weighted by Gasteiger charge is -2.29. The number of hydrogen-bond acceptors (Lipinski definition) is 4. The van der Waals surface area contributed by atoms with E-state index in [4.69, 9.17) is 0 Å². The van der Waals surface area contributed by atoms with E-state index in [2.05, 4.69) is 22.2 Å². The second-order valence-corrected chi connectivity index (χ2v) is 6.54. The second-order valence-electron chi connectivity index (χ2n) is 5.25. The van der Waals surface area contributed by atoms with Gasteiger partial charge in [0.2, 0.25) is 0 Å². The summed E-state index contributed by atoms with van der Waals surface area (Å²) in [6.45, 7) is 5.16. The van der Waals surface area contributed by atoms with E-state index < -0.39 is 0 Å². The van der Waals surface area contributed by atoms with Gasteiger partial charge in [-0.25, -0.2) is 4.98 Å². The highest BCUT2D eigenvalue weighted by Gasteiger charge is 2.22. The summed E-state index contributed by atoms with van der Waals surface area (Å²) in [6, 6.07) is 2.17. The van der Waals surface area contributed by atoms with Crippen molar-refractivity contribution in [2.45, 2.75) is 62.4 Å². The van der Waals surface area contributed by atoms with Gasteiger partial charge in [0.15, 0.2) is 5.16 Å². The van der Waals surface area contributed by atoms with Crippen molar-refractivity contribution in [3.63, 3.8) is 0 Å². The number of nitrogens with zero attached hydrogens (tertiary/aromatic N) is 1. The van der Waals surface area contributed by atoms with E-state index >= 15 is 0 Å². The van der Waals surface area contributed by atoms with Crippen LogP contribution < -0.4 is 10.9 Å². The highest BCUT2D eigenvalue weighted by Crippen LogP contribution is 2.31. The molecule has 0 radical (unpaired) electrons. The molecule has 1 fully saturated rings. The number of thioether (sulfide) groups is 1. The molecule has 5 heteroatoms. The number of rotatable bonds is 5. The van der Waals surface area contributed by atoms with Crippen molar-refractivity contribution >= 4 is 11.8 Å². The minimum absolute atomic E-state index is 0.0496. The van der Waals surface area contributed by atoms with Crippen molar-refractivity contribution in [3.05, 3.63) is 22.1 Å². The summed E-state index contributed by atoms with van der Waals surface area (Å²) in [5.41, 5.74) is 0.745. The molecule has 1 aromatic heterocycles. The van der Waals surface area contributed by atoms with Crippen LogP contribution >= 0.6 is 11.8 Å². The van der Waals surface area contributed by atoms with Gasteiger partial charge in [-0.1, -0.05) is 25.1 Å². The molecule has 0 bridgehead atoms. The van der Waals surface area contributed by atoms with Crippen LogP contribution in [-0.4, -0.2) is 27.8 Å². The lowest BCUT2D eigenvalue weighted by Crippen LogP contribution is -2.35. The Balaban J connectivity index is 1.92. The maximum Gasteiger partial charge on any atom is 0.251 e. The van der Waals surface area contributed by atoms with Gasteiger partial charge in [-0.2, -0.15) is 0 Å². The molecule has 2 atom stereocenters. The van der Waals surface area contributed by atoms with Crippen LogP contribution in [0.5, 0.6) is 0 Å². The molecule has 1 heterocycles. The summed E-state index contributed by atoms with van der Waals surface area (Å²) in [5, 5.41) is 4.94. The summed E-state index contributed by atoms with van der Waals surface area (Å²) in [6.07, 6.45) is 6.10.